The molecule has 0 amide bonds. The van der Waals surface area contributed by atoms with Gasteiger partial charge in [0.2, 0.25) is 0 Å². The number of nitrogens with one attached hydrogen (secondary N) is 1. The van der Waals surface area contributed by atoms with E-state index in [2.05, 4.69) is 20.4 Å². The van der Waals surface area contributed by atoms with Crippen LogP contribution in [0.25, 0.3) is 5.78 Å². The predicted octanol–water partition coefficient (Wildman–Crippen LogP) is 2.51. The lowest BCUT2D eigenvalue weighted by Crippen LogP contribution is -2.10. The van der Waals surface area contributed by atoms with Crippen molar-refractivity contribution < 1.29 is 4.42 Å². The number of aryl methyl sites for hydroxylation is 2. The second-order valence-corrected chi connectivity index (χ2v) is 4.57. The fraction of sp³-hybridized carbons (Fsp3) is 0.308. The SMILES string of the molecule is Cc1cc(NC(C)c2ccc(C)o2)n2ncnc2n1. The Morgan fingerprint density at radius 3 is 2.89 bits per heavy atom. The van der Waals surface area contributed by atoms with E-state index in [1.807, 2.05) is 39.0 Å². The monoisotopic (exact) mass is 257 g/mol. The number of furan rings is 1. The minimum atomic E-state index is 0.0444. The Labute approximate surface area is 110 Å². The standard InChI is InChI=1S/C13H15N5O/c1-8-6-12(18-13(16-8)14-7-15-18)17-10(3)11-5-4-9(2)19-11/h4-7,10,17H,1-3H3. The second-order valence-electron chi connectivity index (χ2n) is 4.57. The van der Waals surface area contributed by atoms with Gasteiger partial charge in [-0.1, -0.05) is 0 Å². The average Bonchev–Trinajstić information content (AvgIpc) is 2.97. The Morgan fingerprint density at radius 2 is 2.16 bits per heavy atom. The van der Waals surface area contributed by atoms with Gasteiger partial charge in [0.05, 0.1) is 6.04 Å². The van der Waals surface area contributed by atoms with Gasteiger partial charge in [0, 0.05) is 11.8 Å². The van der Waals surface area contributed by atoms with Gasteiger partial charge < -0.3 is 9.73 Å². The van der Waals surface area contributed by atoms with Crippen molar-refractivity contribution in [1.29, 1.82) is 0 Å². The molecule has 6 nitrogen and oxygen atoms in total. The molecule has 1 unspecified atom stereocenters. The first-order chi connectivity index (χ1) is 9.13. The largest absolute Gasteiger partial charge is 0.464 e. The van der Waals surface area contributed by atoms with Gasteiger partial charge >= 0.3 is 0 Å². The van der Waals surface area contributed by atoms with Crippen LogP contribution in [0.5, 0.6) is 0 Å². The summed E-state index contributed by atoms with van der Waals surface area (Å²) in [4.78, 5) is 8.41. The lowest BCUT2D eigenvalue weighted by atomic mass is 10.2. The molecule has 0 saturated heterocycles. The van der Waals surface area contributed by atoms with Crippen LogP contribution in [0.4, 0.5) is 5.82 Å². The fourth-order valence-corrected chi connectivity index (χ4v) is 2.01. The number of aromatic nitrogens is 4. The summed E-state index contributed by atoms with van der Waals surface area (Å²) >= 11 is 0. The first-order valence-electron chi connectivity index (χ1n) is 6.14. The minimum Gasteiger partial charge on any atom is -0.464 e. The minimum absolute atomic E-state index is 0.0444. The maximum Gasteiger partial charge on any atom is 0.254 e. The van der Waals surface area contributed by atoms with E-state index < -0.39 is 0 Å². The third-order valence-corrected chi connectivity index (χ3v) is 2.93. The molecule has 19 heavy (non-hydrogen) atoms. The summed E-state index contributed by atoms with van der Waals surface area (Å²) in [6.45, 7) is 5.90. The van der Waals surface area contributed by atoms with Crippen LogP contribution in [0.2, 0.25) is 0 Å². The normalized spacial score (nSPS) is 12.8. The van der Waals surface area contributed by atoms with Gasteiger partial charge in [-0.2, -0.15) is 14.6 Å². The van der Waals surface area contributed by atoms with E-state index in [1.165, 1.54) is 6.33 Å². The van der Waals surface area contributed by atoms with Crippen LogP contribution in [-0.2, 0) is 0 Å². The molecule has 0 bridgehead atoms. The van der Waals surface area contributed by atoms with Crippen LogP contribution in [-0.4, -0.2) is 19.6 Å². The van der Waals surface area contributed by atoms with E-state index >= 15 is 0 Å². The molecule has 3 heterocycles. The van der Waals surface area contributed by atoms with Gasteiger partial charge in [-0.25, -0.2) is 4.98 Å². The van der Waals surface area contributed by atoms with Gasteiger partial charge in [-0.05, 0) is 32.9 Å². The van der Waals surface area contributed by atoms with E-state index in [0.717, 1.165) is 23.0 Å². The Bertz CT molecular complexity index is 715. The molecule has 0 saturated carbocycles. The van der Waals surface area contributed by atoms with E-state index in [1.54, 1.807) is 4.52 Å². The van der Waals surface area contributed by atoms with Crippen LogP contribution in [0, 0.1) is 13.8 Å². The van der Waals surface area contributed by atoms with Crippen molar-refractivity contribution in [2.75, 3.05) is 5.32 Å². The molecule has 98 valence electrons. The third-order valence-electron chi connectivity index (χ3n) is 2.93. The van der Waals surface area contributed by atoms with E-state index in [4.69, 9.17) is 4.42 Å². The molecule has 0 aliphatic rings. The molecule has 0 aliphatic carbocycles. The molecule has 0 aromatic carbocycles. The fourth-order valence-electron chi connectivity index (χ4n) is 2.01. The van der Waals surface area contributed by atoms with Crippen molar-refractivity contribution in [3.63, 3.8) is 0 Å². The molecule has 0 spiro atoms. The Hall–Kier alpha value is -2.37. The topological polar surface area (TPSA) is 68.2 Å². The second kappa shape index (κ2) is 4.38. The first-order valence-corrected chi connectivity index (χ1v) is 6.14. The van der Waals surface area contributed by atoms with Crippen molar-refractivity contribution in [1.82, 2.24) is 19.6 Å². The summed E-state index contributed by atoms with van der Waals surface area (Å²) in [6, 6.07) is 5.91. The number of anilines is 1. The molecule has 6 heteroatoms. The summed E-state index contributed by atoms with van der Waals surface area (Å²) in [5.41, 5.74) is 0.894. The van der Waals surface area contributed by atoms with E-state index in [-0.39, 0.29) is 6.04 Å². The number of hydrogen-bond acceptors (Lipinski definition) is 5. The molecule has 3 rings (SSSR count). The predicted molar refractivity (Wildman–Crippen MR) is 71.0 cm³/mol. The molecule has 1 atom stereocenters. The van der Waals surface area contributed by atoms with Crippen LogP contribution in [0.15, 0.2) is 28.9 Å². The summed E-state index contributed by atoms with van der Waals surface area (Å²) in [6.07, 6.45) is 1.49. The summed E-state index contributed by atoms with van der Waals surface area (Å²) in [7, 11) is 0. The van der Waals surface area contributed by atoms with Crippen molar-refractivity contribution in [2.45, 2.75) is 26.8 Å². The lowest BCUT2D eigenvalue weighted by molar-refractivity contribution is 0.466. The summed E-state index contributed by atoms with van der Waals surface area (Å²) in [5, 5.41) is 7.53. The van der Waals surface area contributed by atoms with Crippen LogP contribution < -0.4 is 5.32 Å². The van der Waals surface area contributed by atoms with E-state index in [0.29, 0.717) is 5.78 Å². The smallest absolute Gasteiger partial charge is 0.254 e. The van der Waals surface area contributed by atoms with E-state index in [9.17, 15) is 0 Å². The highest BCUT2D eigenvalue weighted by Gasteiger charge is 2.12. The highest BCUT2D eigenvalue weighted by atomic mass is 16.3. The summed E-state index contributed by atoms with van der Waals surface area (Å²) < 4.78 is 7.30. The van der Waals surface area contributed by atoms with Crippen LogP contribution in [0.3, 0.4) is 0 Å². The Kier molecular flexibility index (Phi) is 2.70. The number of nitrogens with zero attached hydrogens (tertiary/aromatic N) is 4. The molecule has 1 N–H and O–H groups in total. The van der Waals surface area contributed by atoms with Crippen molar-refractivity contribution >= 4 is 11.6 Å². The van der Waals surface area contributed by atoms with Crippen molar-refractivity contribution in [3.05, 3.63) is 41.7 Å². The van der Waals surface area contributed by atoms with Gasteiger partial charge in [0.15, 0.2) is 0 Å². The zero-order valence-corrected chi connectivity index (χ0v) is 11.1. The van der Waals surface area contributed by atoms with Crippen LogP contribution >= 0.6 is 0 Å². The highest BCUT2D eigenvalue weighted by Crippen LogP contribution is 2.21. The average molecular weight is 257 g/mol. The van der Waals surface area contributed by atoms with Gasteiger partial charge in [-0.3, -0.25) is 0 Å². The number of rotatable bonds is 3. The Morgan fingerprint density at radius 1 is 1.32 bits per heavy atom. The molecular formula is C13H15N5O. The van der Waals surface area contributed by atoms with Gasteiger partial charge in [0.25, 0.3) is 5.78 Å². The molecule has 0 radical (unpaired) electrons. The van der Waals surface area contributed by atoms with Crippen LogP contribution in [0.1, 0.15) is 30.2 Å². The highest BCUT2D eigenvalue weighted by molar-refractivity contribution is 5.45. The maximum atomic E-state index is 5.62. The number of fused-ring (bicyclic) bond motifs is 1. The quantitative estimate of drug-likeness (QED) is 0.780. The summed E-state index contributed by atoms with van der Waals surface area (Å²) in [5.74, 6) is 3.23. The Balaban J connectivity index is 1.94. The molecule has 3 aromatic rings. The number of hydrogen-bond donors (Lipinski definition) is 1. The van der Waals surface area contributed by atoms with Gasteiger partial charge in [0.1, 0.15) is 23.7 Å². The maximum absolute atomic E-state index is 5.62. The molecule has 3 aromatic heterocycles. The molecular weight excluding hydrogens is 242 g/mol. The zero-order chi connectivity index (χ0) is 13.4. The molecule has 0 aliphatic heterocycles. The molecule has 0 fully saturated rings. The van der Waals surface area contributed by atoms with Crippen molar-refractivity contribution in [2.24, 2.45) is 0 Å². The van der Waals surface area contributed by atoms with Gasteiger partial charge in [-0.15, -0.1) is 0 Å². The van der Waals surface area contributed by atoms with Crippen molar-refractivity contribution in [3.8, 4) is 0 Å². The third kappa shape index (κ3) is 2.16. The lowest BCUT2D eigenvalue weighted by Gasteiger charge is -2.14. The first kappa shape index (κ1) is 11.7. The zero-order valence-electron chi connectivity index (χ0n) is 11.1.